The number of benzene rings is 6. The van der Waals surface area contributed by atoms with E-state index in [-0.39, 0.29) is 0 Å². The van der Waals surface area contributed by atoms with Crippen LogP contribution in [0.2, 0.25) is 0 Å². The number of rotatable bonds is 6. The van der Waals surface area contributed by atoms with Gasteiger partial charge in [0.1, 0.15) is 5.01 Å². The second kappa shape index (κ2) is 11.8. The van der Waals surface area contributed by atoms with E-state index in [1.807, 2.05) is 30.3 Å². The maximum Gasteiger partial charge on any atom is 0.160 e. The first-order chi connectivity index (χ1) is 22.3. The second-order valence-corrected chi connectivity index (χ2v) is 11.9. The molecule has 6 aromatic carbocycles. The van der Waals surface area contributed by atoms with Crippen molar-refractivity contribution in [3.05, 3.63) is 164 Å². The zero-order valence-electron chi connectivity index (χ0n) is 24.3. The molecule has 2 aromatic heterocycles. The molecule has 0 fully saturated rings. The Labute approximate surface area is 266 Å². The van der Waals surface area contributed by atoms with Crippen molar-refractivity contribution in [1.29, 1.82) is 0 Å². The normalized spacial score (nSPS) is 11.1. The summed E-state index contributed by atoms with van der Waals surface area (Å²) in [6.45, 7) is 0. The smallest absolute Gasteiger partial charge is 0.160 e. The van der Waals surface area contributed by atoms with Gasteiger partial charge in [-0.25, -0.2) is 15.0 Å². The number of aromatic nitrogens is 3. The van der Waals surface area contributed by atoms with Crippen molar-refractivity contribution < 1.29 is 0 Å². The SMILES string of the molecule is c1ccc(-c2ccc(-c3nc(-c4ccccc4)cc(-c4ccc(-c5ccc6sc(-c7ccccc7)nc6c5)cc4)n3)cc2)cc1. The lowest BCUT2D eigenvalue weighted by Gasteiger charge is -2.11. The van der Waals surface area contributed by atoms with Crippen molar-refractivity contribution in [2.45, 2.75) is 0 Å². The largest absolute Gasteiger partial charge is 0.236 e. The molecule has 0 radical (unpaired) electrons. The minimum atomic E-state index is 0.707. The summed E-state index contributed by atoms with van der Waals surface area (Å²) in [6, 6.07) is 56.8. The van der Waals surface area contributed by atoms with Gasteiger partial charge in [-0.1, -0.05) is 146 Å². The van der Waals surface area contributed by atoms with Gasteiger partial charge in [-0.05, 0) is 40.5 Å². The summed E-state index contributed by atoms with van der Waals surface area (Å²) in [6.07, 6.45) is 0. The van der Waals surface area contributed by atoms with Gasteiger partial charge in [-0.15, -0.1) is 11.3 Å². The molecule has 0 aliphatic rings. The van der Waals surface area contributed by atoms with Crippen LogP contribution in [0, 0.1) is 0 Å². The maximum absolute atomic E-state index is 5.06. The molecule has 45 heavy (non-hydrogen) atoms. The number of thiazole rings is 1. The molecule has 3 nitrogen and oxygen atoms in total. The van der Waals surface area contributed by atoms with Crippen LogP contribution in [0.15, 0.2) is 164 Å². The van der Waals surface area contributed by atoms with E-state index >= 15 is 0 Å². The molecule has 0 aliphatic heterocycles. The Kier molecular flexibility index (Phi) is 7.02. The molecule has 0 spiro atoms. The Bertz CT molecular complexity index is 2220. The molecule has 0 aliphatic carbocycles. The van der Waals surface area contributed by atoms with Crippen LogP contribution in [-0.2, 0) is 0 Å². The van der Waals surface area contributed by atoms with Gasteiger partial charge in [0.2, 0.25) is 0 Å². The van der Waals surface area contributed by atoms with Crippen molar-refractivity contribution in [2.24, 2.45) is 0 Å². The lowest BCUT2D eigenvalue weighted by atomic mass is 10.0. The van der Waals surface area contributed by atoms with E-state index in [9.17, 15) is 0 Å². The fourth-order valence-corrected chi connectivity index (χ4v) is 6.52. The fraction of sp³-hybridized carbons (Fsp3) is 0. The van der Waals surface area contributed by atoms with Crippen LogP contribution in [0.25, 0.3) is 76.9 Å². The molecule has 0 N–H and O–H groups in total. The highest BCUT2D eigenvalue weighted by Crippen LogP contribution is 2.34. The summed E-state index contributed by atoms with van der Waals surface area (Å²) in [4.78, 5) is 15.0. The van der Waals surface area contributed by atoms with E-state index in [0.29, 0.717) is 5.82 Å². The van der Waals surface area contributed by atoms with Crippen LogP contribution in [0.5, 0.6) is 0 Å². The van der Waals surface area contributed by atoms with Crippen LogP contribution in [-0.4, -0.2) is 15.0 Å². The van der Waals surface area contributed by atoms with Crippen molar-refractivity contribution in [3.63, 3.8) is 0 Å². The predicted molar refractivity (Wildman–Crippen MR) is 188 cm³/mol. The summed E-state index contributed by atoms with van der Waals surface area (Å²) in [7, 11) is 0. The average molecular weight is 594 g/mol. The second-order valence-electron chi connectivity index (χ2n) is 10.9. The lowest BCUT2D eigenvalue weighted by Crippen LogP contribution is -1.96. The first kappa shape index (κ1) is 26.9. The molecule has 8 rings (SSSR count). The van der Waals surface area contributed by atoms with Crippen LogP contribution >= 0.6 is 11.3 Å². The minimum Gasteiger partial charge on any atom is -0.236 e. The van der Waals surface area contributed by atoms with Gasteiger partial charge in [-0.3, -0.25) is 0 Å². The third-order valence-electron chi connectivity index (χ3n) is 7.97. The molecular formula is C41H27N3S. The molecule has 4 heteroatoms. The highest BCUT2D eigenvalue weighted by Gasteiger charge is 2.12. The van der Waals surface area contributed by atoms with E-state index in [4.69, 9.17) is 15.0 Å². The van der Waals surface area contributed by atoms with Crippen molar-refractivity contribution in [3.8, 4) is 66.7 Å². The molecule has 2 heterocycles. The Balaban J connectivity index is 1.14. The Hall–Kier alpha value is -5.71. The highest BCUT2D eigenvalue weighted by molar-refractivity contribution is 7.21. The van der Waals surface area contributed by atoms with Gasteiger partial charge in [-0.2, -0.15) is 0 Å². The summed E-state index contributed by atoms with van der Waals surface area (Å²) < 4.78 is 1.19. The van der Waals surface area contributed by atoms with Crippen LogP contribution in [0.4, 0.5) is 0 Å². The van der Waals surface area contributed by atoms with Crippen LogP contribution in [0.1, 0.15) is 0 Å². The summed E-state index contributed by atoms with van der Waals surface area (Å²) in [5.41, 5.74) is 11.7. The Morgan fingerprint density at radius 3 is 1.40 bits per heavy atom. The van der Waals surface area contributed by atoms with Gasteiger partial charge in [0.25, 0.3) is 0 Å². The number of hydrogen-bond acceptors (Lipinski definition) is 4. The molecule has 0 unspecified atom stereocenters. The minimum absolute atomic E-state index is 0.707. The molecule has 212 valence electrons. The molecule has 0 saturated heterocycles. The molecule has 0 amide bonds. The van der Waals surface area contributed by atoms with Gasteiger partial charge < -0.3 is 0 Å². The van der Waals surface area contributed by atoms with E-state index in [1.165, 1.54) is 15.8 Å². The Morgan fingerprint density at radius 1 is 0.333 bits per heavy atom. The predicted octanol–water partition coefficient (Wildman–Crippen LogP) is 11.1. The summed E-state index contributed by atoms with van der Waals surface area (Å²) in [5, 5.41) is 1.04. The molecule has 0 saturated carbocycles. The third-order valence-corrected chi connectivity index (χ3v) is 9.05. The van der Waals surface area contributed by atoms with Crippen molar-refractivity contribution >= 4 is 21.6 Å². The zero-order chi connectivity index (χ0) is 30.0. The maximum atomic E-state index is 5.06. The van der Waals surface area contributed by atoms with Gasteiger partial charge in [0.15, 0.2) is 5.82 Å². The Morgan fingerprint density at radius 2 is 0.778 bits per heavy atom. The van der Waals surface area contributed by atoms with Gasteiger partial charge in [0.05, 0.1) is 21.6 Å². The molecule has 0 atom stereocenters. The van der Waals surface area contributed by atoms with E-state index in [0.717, 1.165) is 55.3 Å². The van der Waals surface area contributed by atoms with Gasteiger partial charge >= 0.3 is 0 Å². The standard InChI is InChI=1S/C41H27N3S/c1-4-10-28(11-5-1)29-18-22-33(23-19-29)40-42-36(31-12-6-2-7-13-31)27-37(43-40)32-20-16-30(17-21-32)35-24-25-39-38(26-35)44-41(45-39)34-14-8-3-9-15-34/h1-27H. The molecule has 8 aromatic rings. The summed E-state index contributed by atoms with van der Waals surface area (Å²) >= 11 is 1.73. The van der Waals surface area contributed by atoms with Crippen molar-refractivity contribution in [2.75, 3.05) is 0 Å². The first-order valence-corrected chi connectivity index (χ1v) is 15.8. The molecule has 0 bridgehead atoms. The van der Waals surface area contributed by atoms with Crippen LogP contribution in [0.3, 0.4) is 0 Å². The number of nitrogens with zero attached hydrogens (tertiary/aromatic N) is 3. The first-order valence-electron chi connectivity index (χ1n) is 14.9. The lowest BCUT2D eigenvalue weighted by molar-refractivity contribution is 1.18. The zero-order valence-corrected chi connectivity index (χ0v) is 25.2. The summed E-state index contributed by atoms with van der Waals surface area (Å²) in [5.74, 6) is 0.707. The monoisotopic (exact) mass is 593 g/mol. The van der Waals surface area contributed by atoms with E-state index < -0.39 is 0 Å². The fourth-order valence-electron chi connectivity index (χ4n) is 5.57. The van der Waals surface area contributed by atoms with Crippen LogP contribution < -0.4 is 0 Å². The number of fused-ring (bicyclic) bond motifs is 1. The number of hydrogen-bond donors (Lipinski definition) is 0. The molecular weight excluding hydrogens is 567 g/mol. The van der Waals surface area contributed by atoms with Crippen molar-refractivity contribution in [1.82, 2.24) is 15.0 Å². The average Bonchev–Trinajstić information content (AvgIpc) is 3.57. The topological polar surface area (TPSA) is 38.7 Å². The van der Waals surface area contributed by atoms with E-state index in [2.05, 4.69) is 133 Å². The third kappa shape index (κ3) is 5.55. The van der Waals surface area contributed by atoms with E-state index in [1.54, 1.807) is 11.3 Å². The van der Waals surface area contributed by atoms with Gasteiger partial charge in [0, 0.05) is 22.3 Å². The highest BCUT2D eigenvalue weighted by atomic mass is 32.1. The quantitative estimate of drug-likeness (QED) is 0.192.